The van der Waals surface area contributed by atoms with Gasteiger partial charge in [0.1, 0.15) is 0 Å². The van der Waals surface area contributed by atoms with Gasteiger partial charge in [0.05, 0.1) is 30.9 Å². The van der Waals surface area contributed by atoms with Crippen LogP contribution in [0.2, 0.25) is 0 Å². The second-order valence-corrected chi connectivity index (χ2v) is 6.28. The molecule has 30 heavy (non-hydrogen) atoms. The molecule has 0 saturated heterocycles. The summed E-state index contributed by atoms with van der Waals surface area (Å²) in [7, 11) is 1.26. The number of likely N-dealkylation sites (N-methyl/N-ethyl adjacent to an activating group) is 1. The van der Waals surface area contributed by atoms with E-state index < -0.39 is 35.7 Å². The van der Waals surface area contributed by atoms with Gasteiger partial charge < -0.3 is 19.7 Å². The number of carbonyl (C=O) groups excluding carboxylic acids is 2. The number of carbonyl (C=O) groups is 2. The summed E-state index contributed by atoms with van der Waals surface area (Å²) in [5.41, 5.74) is -1.15. The Morgan fingerprint density at radius 1 is 1.00 bits per heavy atom. The van der Waals surface area contributed by atoms with Crippen LogP contribution < -0.4 is 14.8 Å². The maximum Gasteiger partial charge on any atom is 0.417 e. The van der Waals surface area contributed by atoms with Gasteiger partial charge in [0.2, 0.25) is 5.91 Å². The van der Waals surface area contributed by atoms with Crippen molar-refractivity contribution in [3.8, 4) is 11.5 Å². The zero-order chi connectivity index (χ0) is 22.3. The molecule has 2 amide bonds. The monoisotopic (exact) mass is 424 g/mol. The number of halogens is 3. The van der Waals surface area contributed by atoms with E-state index in [0.717, 1.165) is 17.0 Å². The van der Waals surface area contributed by atoms with Crippen LogP contribution >= 0.6 is 0 Å². The molecule has 0 aliphatic heterocycles. The lowest BCUT2D eigenvalue weighted by Gasteiger charge is -2.20. The third-order valence-electron chi connectivity index (χ3n) is 4.02. The Balaban J connectivity index is 2.10. The summed E-state index contributed by atoms with van der Waals surface area (Å²) >= 11 is 0. The van der Waals surface area contributed by atoms with Crippen molar-refractivity contribution >= 4 is 17.5 Å². The van der Waals surface area contributed by atoms with Gasteiger partial charge in [0, 0.05) is 18.8 Å². The van der Waals surface area contributed by atoms with Crippen LogP contribution in [-0.2, 0) is 11.0 Å². The van der Waals surface area contributed by atoms with Gasteiger partial charge in [-0.1, -0.05) is 12.1 Å². The second-order valence-electron chi connectivity index (χ2n) is 6.28. The van der Waals surface area contributed by atoms with Gasteiger partial charge in [0.15, 0.2) is 11.5 Å². The van der Waals surface area contributed by atoms with Crippen molar-refractivity contribution in [2.75, 3.05) is 32.1 Å². The zero-order valence-electron chi connectivity index (χ0n) is 16.9. The van der Waals surface area contributed by atoms with E-state index in [2.05, 4.69) is 5.32 Å². The van der Waals surface area contributed by atoms with E-state index >= 15 is 0 Å². The molecule has 0 fully saturated rings. The van der Waals surface area contributed by atoms with Crippen LogP contribution in [-0.4, -0.2) is 43.5 Å². The van der Waals surface area contributed by atoms with Crippen LogP contribution in [0.4, 0.5) is 18.9 Å². The quantitative estimate of drug-likeness (QED) is 0.689. The van der Waals surface area contributed by atoms with Crippen LogP contribution in [0.3, 0.4) is 0 Å². The number of rotatable bonds is 8. The number of anilines is 1. The predicted octanol–water partition coefficient (Wildman–Crippen LogP) is 4.21. The summed E-state index contributed by atoms with van der Waals surface area (Å²) in [6.07, 6.45) is -4.67. The lowest BCUT2D eigenvalue weighted by molar-refractivity contribution is -0.138. The number of hydrogen-bond acceptors (Lipinski definition) is 4. The summed E-state index contributed by atoms with van der Waals surface area (Å²) in [5.74, 6) is -0.504. The highest BCUT2D eigenvalue weighted by Crippen LogP contribution is 2.32. The number of amides is 2. The van der Waals surface area contributed by atoms with Crippen molar-refractivity contribution in [3.05, 3.63) is 53.6 Å². The largest absolute Gasteiger partial charge is 0.490 e. The summed E-state index contributed by atoms with van der Waals surface area (Å²) in [4.78, 5) is 25.7. The first-order valence-electron chi connectivity index (χ1n) is 9.28. The van der Waals surface area contributed by atoms with E-state index in [1.165, 1.54) is 19.2 Å². The highest BCUT2D eigenvalue weighted by molar-refractivity contribution is 6.00. The van der Waals surface area contributed by atoms with Crippen LogP contribution in [0.15, 0.2) is 42.5 Å². The summed E-state index contributed by atoms with van der Waals surface area (Å²) < 4.78 is 50.4. The normalized spacial score (nSPS) is 11.0. The number of nitrogens with one attached hydrogen (secondary N) is 1. The number of hydrogen-bond donors (Lipinski definition) is 1. The Morgan fingerprint density at radius 3 is 2.27 bits per heavy atom. The molecule has 2 rings (SSSR count). The molecular formula is C21H23F3N2O4. The number of alkyl halides is 3. The SMILES string of the molecule is CCOc1ccc(NC(=O)CN(C)C(=O)c2ccccc2C(F)(F)F)cc1OCC. The van der Waals surface area contributed by atoms with Crippen LogP contribution in [0.5, 0.6) is 11.5 Å². The molecule has 2 aromatic carbocycles. The summed E-state index contributed by atoms with van der Waals surface area (Å²) in [6.45, 7) is 4.04. The van der Waals surface area contributed by atoms with E-state index in [1.807, 2.05) is 6.92 Å². The fourth-order valence-corrected chi connectivity index (χ4v) is 2.74. The Kier molecular flexibility index (Phi) is 7.68. The van der Waals surface area contributed by atoms with Gasteiger partial charge in [-0.15, -0.1) is 0 Å². The first-order chi connectivity index (χ1) is 14.2. The number of nitrogens with zero attached hydrogens (tertiary/aromatic N) is 1. The van der Waals surface area contributed by atoms with Crippen molar-refractivity contribution < 1.29 is 32.2 Å². The maximum absolute atomic E-state index is 13.1. The molecule has 0 saturated carbocycles. The smallest absolute Gasteiger partial charge is 0.417 e. The average Bonchev–Trinajstić information content (AvgIpc) is 2.69. The van der Waals surface area contributed by atoms with Crippen molar-refractivity contribution in [1.82, 2.24) is 4.90 Å². The Morgan fingerprint density at radius 2 is 1.63 bits per heavy atom. The highest BCUT2D eigenvalue weighted by Gasteiger charge is 2.35. The van der Waals surface area contributed by atoms with E-state index in [9.17, 15) is 22.8 Å². The first-order valence-corrected chi connectivity index (χ1v) is 9.28. The van der Waals surface area contributed by atoms with Gasteiger partial charge >= 0.3 is 6.18 Å². The van der Waals surface area contributed by atoms with E-state index in [-0.39, 0.29) is 0 Å². The molecule has 2 aromatic rings. The molecule has 0 heterocycles. The van der Waals surface area contributed by atoms with Crippen LogP contribution in [0.1, 0.15) is 29.8 Å². The third kappa shape index (κ3) is 5.88. The fraction of sp³-hybridized carbons (Fsp3) is 0.333. The molecule has 0 aliphatic carbocycles. The maximum atomic E-state index is 13.1. The molecule has 0 radical (unpaired) electrons. The van der Waals surface area contributed by atoms with Gasteiger partial charge in [-0.05, 0) is 38.1 Å². The Labute approximate surface area is 172 Å². The van der Waals surface area contributed by atoms with Crippen LogP contribution in [0, 0.1) is 0 Å². The molecule has 0 atom stereocenters. The van der Waals surface area contributed by atoms with Gasteiger partial charge in [0.25, 0.3) is 5.91 Å². The highest BCUT2D eigenvalue weighted by atomic mass is 19.4. The second kappa shape index (κ2) is 10.00. The average molecular weight is 424 g/mol. The predicted molar refractivity (Wildman–Crippen MR) is 106 cm³/mol. The van der Waals surface area contributed by atoms with Crippen molar-refractivity contribution in [2.45, 2.75) is 20.0 Å². The fourth-order valence-electron chi connectivity index (χ4n) is 2.74. The molecule has 0 aromatic heterocycles. The molecule has 1 N–H and O–H groups in total. The minimum Gasteiger partial charge on any atom is -0.490 e. The summed E-state index contributed by atoms with van der Waals surface area (Å²) in [6, 6.07) is 9.27. The summed E-state index contributed by atoms with van der Waals surface area (Å²) in [5, 5.41) is 2.60. The molecule has 162 valence electrons. The van der Waals surface area contributed by atoms with Crippen molar-refractivity contribution in [1.29, 1.82) is 0 Å². The van der Waals surface area contributed by atoms with Gasteiger partial charge in [-0.25, -0.2) is 0 Å². The number of benzene rings is 2. The number of ether oxygens (including phenoxy) is 2. The minimum atomic E-state index is -4.67. The lowest BCUT2D eigenvalue weighted by atomic mass is 10.1. The molecule has 0 spiro atoms. The molecule has 0 unspecified atom stereocenters. The van der Waals surface area contributed by atoms with E-state index in [4.69, 9.17) is 9.47 Å². The van der Waals surface area contributed by atoms with E-state index in [0.29, 0.717) is 30.4 Å². The lowest BCUT2D eigenvalue weighted by Crippen LogP contribution is -2.35. The topological polar surface area (TPSA) is 67.9 Å². The molecular weight excluding hydrogens is 401 g/mol. The molecule has 0 bridgehead atoms. The van der Waals surface area contributed by atoms with E-state index in [1.54, 1.807) is 25.1 Å². The van der Waals surface area contributed by atoms with Gasteiger partial charge in [-0.3, -0.25) is 9.59 Å². The molecule has 6 nitrogen and oxygen atoms in total. The Bertz CT molecular complexity index is 900. The Hall–Kier alpha value is -3.23. The molecule has 0 aliphatic rings. The standard InChI is InChI=1S/C21H23F3N2O4/c1-4-29-17-11-10-14(12-18(17)30-5-2)25-19(27)13-26(3)20(28)15-8-6-7-9-16(15)21(22,23)24/h6-12H,4-5,13H2,1-3H3,(H,25,27). The van der Waals surface area contributed by atoms with Crippen LogP contribution in [0.25, 0.3) is 0 Å². The molecule has 9 heteroatoms. The van der Waals surface area contributed by atoms with Gasteiger partial charge in [-0.2, -0.15) is 13.2 Å². The minimum absolute atomic E-state index is 0.396. The third-order valence-corrected chi connectivity index (χ3v) is 4.02. The van der Waals surface area contributed by atoms with Crippen molar-refractivity contribution in [3.63, 3.8) is 0 Å². The first kappa shape index (κ1) is 23.1. The zero-order valence-corrected chi connectivity index (χ0v) is 16.9. The van der Waals surface area contributed by atoms with Crippen molar-refractivity contribution in [2.24, 2.45) is 0 Å².